The van der Waals surface area contributed by atoms with E-state index in [1.807, 2.05) is 0 Å². The third-order valence-corrected chi connectivity index (χ3v) is 6.47. The zero-order chi connectivity index (χ0) is 11.7. The van der Waals surface area contributed by atoms with Gasteiger partial charge in [0.2, 0.25) is 0 Å². The van der Waals surface area contributed by atoms with E-state index in [1.54, 1.807) is 14.1 Å². The van der Waals surface area contributed by atoms with Crippen molar-refractivity contribution in [2.45, 2.75) is 25.0 Å². The zero-order valence-corrected chi connectivity index (χ0v) is 10.4. The molecular formula is C10H18N2O3S. The fraction of sp³-hybridized carbons (Fsp3) is 1.00. The van der Waals surface area contributed by atoms with Gasteiger partial charge < -0.3 is 5.11 Å². The van der Waals surface area contributed by atoms with Crippen LogP contribution >= 0.6 is 0 Å². The maximum Gasteiger partial charge on any atom is 0.281 e. The maximum absolute atomic E-state index is 12.1. The van der Waals surface area contributed by atoms with Gasteiger partial charge in [-0.1, -0.05) is 0 Å². The summed E-state index contributed by atoms with van der Waals surface area (Å²) in [6.07, 6.45) is 1.57. The summed E-state index contributed by atoms with van der Waals surface area (Å²) in [4.78, 5) is 0. The number of hydrogen-bond donors (Lipinski definition) is 1. The van der Waals surface area contributed by atoms with E-state index in [-0.39, 0.29) is 6.04 Å². The Morgan fingerprint density at radius 2 is 1.94 bits per heavy atom. The molecule has 0 aromatic rings. The highest BCUT2D eigenvalue weighted by molar-refractivity contribution is 7.86. The lowest BCUT2D eigenvalue weighted by Gasteiger charge is -2.29. The number of hydrogen-bond acceptors (Lipinski definition) is 3. The number of nitrogens with zero attached hydrogens (tertiary/aromatic N) is 2. The molecular weight excluding hydrogens is 228 g/mol. The Bertz CT molecular complexity index is 406. The number of rotatable bonds is 2. The third-order valence-electron chi connectivity index (χ3n) is 4.56. The lowest BCUT2D eigenvalue weighted by Crippen LogP contribution is -2.47. The van der Waals surface area contributed by atoms with Gasteiger partial charge in [-0.05, 0) is 30.6 Å². The van der Waals surface area contributed by atoms with E-state index in [2.05, 4.69) is 0 Å². The van der Waals surface area contributed by atoms with Gasteiger partial charge in [0.05, 0.1) is 12.1 Å². The molecule has 1 N–H and O–H groups in total. The minimum atomic E-state index is -3.36. The van der Waals surface area contributed by atoms with Crippen LogP contribution in [-0.4, -0.2) is 54.9 Å². The molecule has 5 nitrogen and oxygen atoms in total. The molecule has 0 spiro atoms. The summed E-state index contributed by atoms with van der Waals surface area (Å²) in [5.41, 5.74) is 0. The monoisotopic (exact) mass is 246 g/mol. The summed E-state index contributed by atoms with van der Waals surface area (Å²) >= 11 is 0. The Morgan fingerprint density at radius 1 is 1.25 bits per heavy atom. The van der Waals surface area contributed by atoms with Crippen molar-refractivity contribution in [2.75, 3.05) is 20.6 Å². The number of aliphatic hydroxyl groups excluding tert-OH is 1. The molecule has 0 aromatic carbocycles. The van der Waals surface area contributed by atoms with Crippen molar-refractivity contribution in [3.05, 3.63) is 0 Å². The predicted octanol–water partition coefficient (Wildman–Crippen LogP) is -0.506. The van der Waals surface area contributed by atoms with Crippen LogP contribution in [0.25, 0.3) is 0 Å². The summed E-state index contributed by atoms with van der Waals surface area (Å²) in [5.74, 6) is 1.21. The molecule has 1 aliphatic heterocycles. The van der Waals surface area contributed by atoms with Crippen molar-refractivity contribution in [1.82, 2.24) is 8.61 Å². The average molecular weight is 246 g/mol. The van der Waals surface area contributed by atoms with Crippen molar-refractivity contribution in [3.63, 3.8) is 0 Å². The molecule has 0 amide bonds. The highest BCUT2D eigenvalue weighted by Gasteiger charge is 2.61. The van der Waals surface area contributed by atoms with Crippen molar-refractivity contribution >= 4 is 10.2 Å². The third kappa shape index (κ3) is 1.19. The van der Waals surface area contributed by atoms with Crippen LogP contribution in [0, 0.1) is 17.8 Å². The lowest BCUT2D eigenvalue weighted by molar-refractivity contribution is 0.0719. The van der Waals surface area contributed by atoms with Crippen LogP contribution in [0.3, 0.4) is 0 Å². The van der Waals surface area contributed by atoms with E-state index in [0.717, 1.165) is 12.8 Å². The lowest BCUT2D eigenvalue weighted by atomic mass is 9.88. The molecule has 6 heteroatoms. The molecule has 3 fully saturated rings. The molecule has 2 bridgehead atoms. The van der Waals surface area contributed by atoms with E-state index in [4.69, 9.17) is 0 Å². The minimum Gasteiger partial charge on any atom is -0.391 e. The van der Waals surface area contributed by atoms with Crippen LogP contribution in [0.5, 0.6) is 0 Å². The van der Waals surface area contributed by atoms with Gasteiger partial charge in [0.1, 0.15) is 0 Å². The number of fused-ring (bicyclic) bond motifs is 1. The quantitative estimate of drug-likeness (QED) is 0.714. The normalized spacial score (nSPS) is 47.1. The largest absolute Gasteiger partial charge is 0.391 e. The van der Waals surface area contributed by atoms with Crippen molar-refractivity contribution < 1.29 is 13.5 Å². The van der Waals surface area contributed by atoms with Gasteiger partial charge in [-0.25, -0.2) is 0 Å². The summed E-state index contributed by atoms with van der Waals surface area (Å²) in [5, 5.41) is 10.1. The van der Waals surface area contributed by atoms with E-state index in [0.29, 0.717) is 24.3 Å². The Labute approximate surface area is 96.2 Å². The molecule has 3 rings (SSSR count). The van der Waals surface area contributed by atoms with Crippen molar-refractivity contribution in [1.29, 1.82) is 0 Å². The smallest absolute Gasteiger partial charge is 0.281 e. The molecule has 3 aliphatic rings. The second-order valence-corrected chi connectivity index (χ2v) is 7.59. The Balaban J connectivity index is 1.96. The van der Waals surface area contributed by atoms with E-state index < -0.39 is 16.3 Å². The highest BCUT2D eigenvalue weighted by Crippen LogP contribution is 2.55. The molecule has 1 heterocycles. The zero-order valence-electron chi connectivity index (χ0n) is 9.57. The molecule has 0 aromatic heterocycles. The summed E-state index contributed by atoms with van der Waals surface area (Å²) in [6, 6.07) is -0.156. The molecule has 16 heavy (non-hydrogen) atoms. The van der Waals surface area contributed by atoms with Gasteiger partial charge in [0.25, 0.3) is 10.2 Å². The van der Waals surface area contributed by atoms with E-state index in [1.165, 1.54) is 8.61 Å². The minimum absolute atomic E-state index is 0.156. The molecule has 92 valence electrons. The van der Waals surface area contributed by atoms with E-state index in [9.17, 15) is 13.5 Å². The van der Waals surface area contributed by atoms with Gasteiger partial charge in [-0.15, -0.1) is 0 Å². The first kappa shape index (κ1) is 11.0. The molecule has 1 saturated heterocycles. The highest BCUT2D eigenvalue weighted by atomic mass is 32.2. The number of aliphatic hydroxyl groups is 1. The fourth-order valence-electron chi connectivity index (χ4n) is 3.84. The first-order valence-electron chi connectivity index (χ1n) is 5.80. The van der Waals surface area contributed by atoms with Crippen LogP contribution in [0.15, 0.2) is 0 Å². The van der Waals surface area contributed by atoms with Gasteiger partial charge in [0.15, 0.2) is 0 Å². The molecule has 2 aliphatic carbocycles. The maximum atomic E-state index is 12.1. The fourth-order valence-corrected chi connectivity index (χ4v) is 5.22. The standard InChI is InChI=1S/C10H18N2O3S/c1-11(2)16(14,15)12-5-7-3-6-4-8(7)9(12)10(6)13/h6-10,13H,3-5H2,1-2H3/t6-,7-,8+,9-,10+/m0/s1. The Kier molecular flexibility index (Phi) is 2.18. The second-order valence-electron chi connectivity index (χ2n) is 5.50. The van der Waals surface area contributed by atoms with Crippen LogP contribution in [0.2, 0.25) is 0 Å². The van der Waals surface area contributed by atoms with Crippen LogP contribution < -0.4 is 0 Å². The first-order valence-corrected chi connectivity index (χ1v) is 7.20. The van der Waals surface area contributed by atoms with Gasteiger partial charge >= 0.3 is 0 Å². The van der Waals surface area contributed by atoms with Gasteiger partial charge in [-0.2, -0.15) is 17.0 Å². The molecule has 5 atom stereocenters. The second kappa shape index (κ2) is 3.19. The Morgan fingerprint density at radius 3 is 2.50 bits per heavy atom. The molecule has 0 radical (unpaired) electrons. The van der Waals surface area contributed by atoms with Gasteiger partial charge in [0, 0.05) is 20.6 Å². The SMILES string of the molecule is CN(C)S(=O)(=O)N1C[C@@H]2C[C@H]3C[C@H]2[C@H]1[C@@H]3O. The predicted molar refractivity (Wildman–Crippen MR) is 58.8 cm³/mol. The van der Waals surface area contributed by atoms with Crippen molar-refractivity contribution in [3.8, 4) is 0 Å². The van der Waals surface area contributed by atoms with Gasteiger partial charge in [-0.3, -0.25) is 0 Å². The van der Waals surface area contributed by atoms with Crippen LogP contribution in [-0.2, 0) is 10.2 Å². The van der Waals surface area contributed by atoms with Crippen molar-refractivity contribution in [2.24, 2.45) is 17.8 Å². The average Bonchev–Trinajstić information content (AvgIpc) is 2.75. The first-order chi connectivity index (χ1) is 7.43. The summed E-state index contributed by atoms with van der Waals surface area (Å²) in [6.45, 7) is 0.601. The molecule has 2 saturated carbocycles. The van der Waals surface area contributed by atoms with E-state index >= 15 is 0 Å². The topological polar surface area (TPSA) is 60.9 Å². The summed E-state index contributed by atoms with van der Waals surface area (Å²) in [7, 11) is -0.263. The summed E-state index contributed by atoms with van der Waals surface area (Å²) < 4.78 is 27.0. The molecule has 0 unspecified atom stereocenters. The van der Waals surface area contributed by atoms with Crippen LogP contribution in [0.4, 0.5) is 0 Å². The Hall–Kier alpha value is -0.170. The van der Waals surface area contributed by atoms with Crippen LogP contribution in [0.1, 0.15) is 12.8 Å².